The summed E-state index contributed by atoms with van der Waals surface area (Å²) in [5.74, 6) is -0.468. The van der Waals surface area contributed by atoms with Crippen molar-refractivity contribution in [2.75, 3.05) is 25.0 Å². The Hall–Kier alpha value is -3.17. The van der Waals surface area contributed by atoms with Crippen LogP contribution in [0.3, 0.4) is 0 Å². The number of carbonyl (C=O) groups is 3. The number of nitrogens with one attached hydrogen (secondary N) is 2. The molecular formula is C25H34N6O4. The standard InChI is InChI=1S/C25H34N6O4/c1-24(2,3)35-23(34)30-11-7-8-16(14-30)20(32)29-22-26-13-17-12-18-21(33)27-15-25(9-5-4-6-10-25)31(18)19(17)28-22/h12-13,16H,4-11,14-15H2,1-3H3,(H,27,33)(H,26,28,29,32)/t16-/m0/s1. The topological polar surface area (TPSA) is 118 Å². The van der Waals surface area contributed by atoms with Crippen LogP contribution in [0.25, 0.3) is 11.0 Å². The van der Waals surface area contributed by atoms with Gasteiger partial charge in [0.1, 0.15) is 16.9 Å². The number of likely N-dealkylation sites (tertiary alicyclic amines) is 1. The lowest BCUT2D eigenvalue weighted by molar-refractivity contribution is -0.121. The van der Waals surface area contributed by atoms with Gasteiger partial charge in [0, 0.05) is 31.2 Å². The maximum atomic E-state index is 13.1. The van der Waals surface area contributed by atoms with E-state index in [2.05, 4.69) is 20.2 Å². The molecule has 2 aliphatic heterocycles. The Bertz CT molecular complexity index is 1160. The van der Waals surface area contributed by atoms with Crippen molar-refractivity contribution in [3.63, 3.8) is 0 Å². The molecular weight excluding hydrogens is 448 g/mol. The number of rotatable bonds is 2. The summed E-state index contributed by atoms with van der Waals surface area (Å²) >= 11 is 0. The molecule has 2 fully saturated rings. The minimum atomic E-state index is -0.585. The summed E-state index contributed by atoms with van der Waals surface area (Å²) in [4.78, 5) is 48.9. The molecule has 10 nitrogen and oxygen atoms in total. The molecule has 0 aromatic carbocycles. The predicted molar refractivity (Wildman–Crippen MR) is 130 cm³/mol. The van der Waals surface area contributed by atoms with Crippen molar-refractivity contribution >= 4 is 34.9 Å². The van der Waals surface area contributed by atoms with E-state index >= 15 is 0 Å². The van der Waals surface area contributed by atoms with Crippen LogP contribution in [0, 0.1) is 5.92 Å². The molecule has 1 saturated carbocycles. The van der Waals surface area contributed by atoms with Gasteiger partial charge in [-0.3, -0.25) is 14.9 Å². The molecule has 2 N–H and O–H groups in total. The molecule has 0 bridgehead atoms. The van der Waals surface area contributed by atoms with E-state index in [9.17, 15) is 14.4 Å². The number of carbonyl (C=O) groups excluding carboxylic acids is 3. The molecule has 5 rings (SSSR count). The zero-order chi connectivity index (χ0) is 24.8. The molecule has 3 aliphatic rings. The van der Waals surface area contributed by atoms with Gasteiger partial charge in [-0.2, -0.15) is 4.98 Å². The zero-order valence-corrected chi connectivity index (χ0v) is 20.7. The van der Waals surface area contributed by atoms with Crippen LogP contribution in [-0.4, -0.2) is 62.6 Å². The van der Waals surface area contributed by atoms with Crippen LogP contribution in [0.2, 0.25) is 0 Å². The van der Waals surface area contributed by atoms with Gasteiger partial charge in [0.25, 0.3) is 5.91 Å². The number of hydrogen-bond acceptors (Lipinski definition) is 6. The lowest BCUT2D eigenvalue weighted by atomic mass is 9.80. The summed E-state index contributed by atoms with van der Waals surface area (Å²) in [5.41, 5.74) is 0.515. The lowest BCUT2D eigenvalue weighted by Gasteiger charge is -2.42. The maximum Gasteiger partial charge on any atom is 0.410 e. The Morgan fingerprint density at radius 1 is 1.20 bits per heavy atom. The molecule has 1 spiro atoms. The van der Waals surface area contributed by atoms with Crippen molar-refractivity contribution < 1.29 is 19.1 Å². The Morgan fingerprint density at radius 3 is 2.71 bits per heavy atom. The molecule has 0 radical (unpaired) electrons. The molecule has 1 saturated heterocycles. The first kappa shape index (κ1) is 23.6. The van der Waals surface area contributed by atoms with E-state index in [-0.39, 0.29) is 29.2 Å². The second kappa shape index (κ2) is 8.80. The minimum absolute atomic E-state index is 0.103. The second-order valence-electron chi connectivity index (χ2n) is 11.1. The number of aromatic nitrogens is 3. The molecule has 1 aliphatic carbocycles. The fourth-order valence-corrected chi connectivity index (χ4v) is 5.62. The van der Waals surface area contributed by atoms with Gasteiger partial charge in [0.05, 0.1) is 11.5 Å². The van der Waals surface area contributed by atoms with Crippen LogP contribution in [-0.2, 0) is 15.1 Å². The summed E-state index contributed by atoms with van der Waals surface area (Å²) in [6.07, 6.45) is 8.06. The Kier molecular flexibility index (Phi) is 5.93. The summed E-state index contributed by atoms with van der Waals surface area (Å²) < 4.78 is 7.56. The quantitative estimate of drug-likeness (QED) is 0.677. The monoisotopic (exact) mass is 482 g/mol. The first-order valence-electron chi connectivity index (χ1n) is 12.6. The Labute approximate surface area is 204 Å². The van der Waals surface area contributed by atoms with Crippen molar-refractivity contribution in [1.82, 2.24) is 24.8 Å². The average Bonchev–Trinajstić information content (AvgIpc) is 3.22. The average molecular weight is 483 g/mol. The largest absolute Gasteiger partial charge is 0.444 e. The third-order valence-electron chi connectivity index (χ3n) is 7.29. The molecule has 2 aromatic heterocycles. The van der Waals surface area contributed by atoms with Gasteiger partial charge in [0.2, 0.25) is 11.9 Å². The summed E-state index contributed by atoms with van der Waals surface area (Å²) in [7, 11) is 0. The van der Waals surface area contributed by atoms with Gasteiger partial charge >= 0.3 is 6.09 Å². The number of hydrogen-bond donors (Lipinski definition) is 2. The number of piperidine rings is 1. The summed E-state index contributed by atoms with van der Waals surface area (Å²) in [6, 6.07) is 1.84. The first-order chi connectivity index (χ1) is 16.7. The highest BCUT2D eigenvalue weighted by molar-refractivity contribution is 5.99. The van der Waals surface area contributed by atoms with Crippen molar-refractivity contribution in [1.29, 1.82) is 0 Å². The zero-order valence-electron chi connectivity index (χ0n) is 20.7. The van der Waals surface area contributed by atoms with E-state index in [1.165, 1.54) is 6.42 Å². The van der Waals surface area contributed by atoms with Crippen molar-refractivity contribution in [3.05, 3.63) is 18.0 Å². The number of nitrogens with zero attached hydrogens (tertiary/aromatic N) is 4. The van der Waals surface area contributed by atoms with Gasteiger partial charge in [-0.25, -0.2) is 9.78 Å². The summed E-state index contributed by atoms with van der Waals surface area (Å²) in [6.45, 7) is 6.95. The fraction of sp³-hybridized carbons (Fsp3) is 0.640. The number of amides is 3. The van der Waals surface area contributed by atoms with E-state index in [0.717, 1.165) is 37.5 Å². The van der Waals surface area contributed by atoms with Crippen molar-refractivity contribution in [3.8, 4) is 0 Å². The Balaban J connectivity index is 1.36. The van der Waals surface area contributed by atoms with E-state index < -0.39 is 11.7 Å². The van der Waals surface area contributed by atoms with Crippen molar-refractivity contribution in [2.24, 2.45) is 5.92 Å². The summed E-state index contributed by atoms with van der Waals surface area (Å²) in [5, 5.41) is 6.70. The van der Waals surface area contributed by atoms with Gasteiger partial charge < -0.3 is 19.5 Å². The number of fused-ring (bicyclic) bond motifs is 4. The molecule has 4 heterocycles. The molecule has 0 unspecified atom stereocenters. The first-order valence-corrected chi connectivity index (χ1v) is 12.6. The third-order valence-corrected chi connectivity index (χ3v) is 7.29. The third kappa shape index (κ3) is 4.58. The van der Waals surface area contributed by atoms with E-state index in [1.54, 1.807) is 11.1 Å². The molecule has 10 heteroatoms. The van der Waals surface area contributed by atoms with Crippen LogP contribution in [0.1, 0.15) is 76.2 Å². The van der Waals surface area contributed by atoms with Gasteiger partial charge in [-0.05, 0) is 52.5 Å². The molecule has 1 atom stereocenters. The van der Waals surface area contributed by atoms with E-state index in [0.29, 0.717) is 37.4 Å². The second-order valence-corrected chi connectivity index (χ2v) is 11.1. The minimum Gasteiger partial charge on any atom is -0.444 e. The van der Waals surface area contributed by atoms with Crippen LogP contribution in [0.4, 0.5) is 10.7 Å². The Morgan fingerprint density at radius 2 is 1.97 bits per heavy atom. The van der Waals surface area contributed by atoms with Crippen LogP contribution in [0.15, 0.2) is 12.3 Å². The highest BCUT2D eigenvalue weighted by Gasteiger charge is 2.41. The fourth-order valence-electron chi connectivity index (χ4n) is 5.62. The SMILES string of the molecule is CC(C)(C)OC(=O)N1CCC[C@H](C(=O)Nc2ncc3cc4n(c3n2)C2(CCCCC2)CNC4=O)C1. The van der Waals surface area contributed by atoms with Gasteiger partial charge in [0.15, 0.2) is 0 Å². The van der Waals surface area contributed by atoms with Crippen LogP contribution < -0.4 is 10.6 Å². The van der Waals surface area contributed by atoms with Crippen molar-refractivity contribution in [2.45, 2.75) is 76.9 Å². The normalized spacial score (nSPS) is 22.0. The molecule has 188 valence electrons. The highest BCUT2D eigenvalue weighted by atomic mass is 16.6. The maximum absolute atomic E-state index is 13.1. The molecule has 35 heavy (non-hydrogen) atoms. The number of ether oxygens (including phenoxy) is 1. The smallest absolute Gasteiger partial charge is 0.410 e. The van der Waals surface area contributed by atoms with E-state index in [1.807, 2.05) is 26.8 Å². The van der Waals surface area contributed by atoms with Gasteiger partial charge in [-0.15, -0.1) is 0 Å². The van der Waals surface area contributed by atoms with Crippen LogP contribution in [0.5, 0.6) is 0 Å². The van der Waals surface area contributed by atoms with Gasteiger partial charge in [-0.1, -0.05) is 19.3 Å². The van der Waals surface area contributed by atoms with Crippen LogP contribution >= 0.6 is 0 Å². The highest BCUT2D eigenvalue weighted by Crippen LogP contribution is 2.40. The van der Waals surface area contributed by atoms with E-state index in [4.69, 9.17) is 9.72 Å². The molecule has 2 aromatic rings. The predicted octanol–water partition coefficient (Wildman–Crippen LogP) is 3.42. The lowest BCUT2D eigenvalue weighted by Crippen LogP contribution is -2.52. The molecule has 3 amide bonds. The number of anilines is 1.